The van der Waals surface area contributed by atoms with Crippen molar-refractivity contribution >= 4 is 32.9 Å². The first-order valence-corrected chi connectivity index (χ1v) is 21.8. The van der Waals surface area contributed by atoms with Crippen LogP contribution in [0.15, 0.2) is 163 Å². The molecular weight excluding hydrogens is 721 g/mol. The number of nitrogens with zero attached hydrogens (tertiary/aromatic N) is 1. The molecule has 2 heterocycles. The molecule has 4 aliphatic rings. The third-order valence-electron chi connectivity index (χ3n) is 14.0. The van der Waals surface area contributed by atoms with Gasteiger partial charge in [0, 0.05) is 26.5 Å². The molecule has 1 N–H and O–H groups in total. The average molecular weight is 765 g/mol. The third-order valence-corrected chi connectivity index (χ3v) is 15.2. The van der Waals surface area contributed by atoms with E-state index in [0.29, 0.717) is 0 Å². The smallest absolute Gasteiger partial charge is 0.133 e. The Labute approximate surface area is 345 Å². The molecule has 0 saturated heterocycles. The van der Waals surface area contributed by atoms with Crippen LogP contribution in [0.1, 0.15) is 90.3 Å². The Balaban J connectivity index is 0.868. The van der Waals surface area contributed by atoms with Crippen molar-refractivity contribution in [3.63, 3.8) is 0 Å². The highest BCUT2D eigenvalue weighted by atomic mass is 32.1. The molecule has 3 aliphatic carbocycles. The second kappa shape index (κ2) is 12.7. The molecule has 1 unspecified atom stereocenters. The van der Waals surface area contributed by atoms with Gasteiger partial charge in [-0.3, -0.25) is 4.99 Å². The molecule has 0 amide bonds. The van der Waals surface area contributed by atoms with Gasteiger partial charge in [0.15, 0.2) is 0 Å². The molecule has 2 nitrogen and oxygen atoms in total. The summed E-state index contributed by atoms with van der Waals surface area (Å²) in [5.74, 6) is 0.919. The Bertz CT molecular complexity index is 2960. The molecule has 0 radical (unpaired) electrons. The molecular formula is C55H44N2S. The summed E-state index contributed by atoms with van der Waals surface area (Å²) in [6, 6.07) is 59.0. The van der Waals surface area contributed by atoms with E-state index in [1.807, 2.05) is 11.3 Å². The van der Waals surface area contributed by atoms with Gasteiger partial charge in [0.2, 0.25) is 0 Å². The molecule has 58 heavy (non-hydrogen) atoms. The van der Waals surface area contributed by atoms with Crippen LogP contribution in [0.2, 0.25) is 0 Å². The first-order valence-electron chi connectivity index (χ1n) is 21.0. The van der Waals surface area contributed by atoms with Gasteiger partial charge < -0.3 is 5.32 Å². The minimum atomic E-state index is -0.0697. The molecule has 1 atom stereocenters. The normalized spacial score (nSPS) is 17.8. The van der Waals surface area contributed by atoms with Gasteiger partial charge in [-0.05, 0) is 109 Å². The zero-order chi connectivity index (χ0) is 38.6. The van der Waals surface area contributed by atoms with E-state index < -0.39 is 0 Å². The SMILES string of the molecule is CC1(C)c2ccc(-c3ccc(-c4ccc(C5N=C(c6ccccc6)Nc6c5sc5ccccc65)cc4)cc3)cc2-c2cc3c(cc21)-c1ccccc1C31CCCCC1. The standard InChI is InChI=1S/C55H44N2S/c1-54(2)45-28-27-39(31-42(45)44-33-48-43(32-47(44)54)40-15-7-9-17-46(40)55(48)29-11-4-12-30-55)36-21-19-34(20-22-36)35-23-25-37(26-24-35)50-52-51(41-16-8-10-18-49(41)58-52)57-53(56-50)38-13-5-3-6-14-38/h3,5-10,13-28,31-33,50H,4,11-12,29-30H2,1-2H3,(H,56,57). The van der Waals surface area contributed by atoms with E-state index in [1.54, 1.807) is 11.1 Å². The minimum Gasteiger partial charge on any atom is -0.339 e. The predicted molar refractivity (Wildman–Crippen MR) is 244 cm³/mol. The first kappa shape index (κ1) is 34.0. The van der Waals surface area contributed by atoms with E-state index in [0.717, 1.165) is 11.4 Å². The fraction of sp³-hybridized carbons (Fsp3) is 0.182. The van der Waals surface area contributed by atoms with E-state index in [4.69, 9.17) is 4.99 Å². The number of anilines is 1. The Hall–Kier alpha value is -6.03. The Morgan fingerprint density at radius 1 is 0.517 bits per heavy atom. The van der Waals surface area contributed by atoms with Gasteiger partial charge in [-0.15, -0.1) is 11.3 Å². The maximum Gasteiger partial charge on any atom is 0.133 e. The summed E-state index contributed by atoms with van der Waals surface area (Å²) in [5, 5.41) is 4.96. The Morgan fingerprint density at radius 2 is 1.14 bits per heavy atom. The van der Waals surface area contributed by atoms with E-state index in [9.17, 15) is 0 Å². The molecule has 1 spiro atoms. The molecule has 3 heteroatoms. The third kappa shape index (κ3) is 4.99. The van der Waals surface area contributed by atoms with Gasteiger partial charge in [0.1, 0.15) is 11.9 Å². The summed E-state index contributed by atoms with van der Waals surface area (Å²) in [6.07, 6.45) is 6.50. The zero-order valence-corrected chi connectivity index (χ0v) is 33.8. The van der Waals surface area contributed by atoms with E-state index in [1.165, 1.54) is 114 Å². The fourth-order valence-corrected chi connectivity index (χ4v) is 12.2. The number of nitrogens with one attached hydrogen (secondary N) is 1. The monoisotopic (exact) mass is 764 g/mol. The first-order chi connectivity index (χ1) is 28.5. The van der Waals surface area contributed by atoms with Gasteiger partial charge in [0.25, 0.3) is 0 Å². The largest absolute Gasteiger partial charge is 0.339 e. The maximum absolute atomic E-state index is 5.32. The van der Waals surface area contributed by atoms with Crippen LogP contribution in [0.3, 0.4) is 0 Å². The molecule has 1 saturated carbocycles. The lowest BCUT2D eigenvalue weighted by Crippen LogP contribution is -2.28. The summed E-state index contributed by atoms with van der Waals surface area (Å²) in [6.45, 7) is 4.84. The minimum absolute atomic E-state index is 0.0490. The second-order valence-corrected chi connectivity index (χ2v) is 18.5. The number of thiophene rings is 1. The van der Waals surface area contributed by atoms with Crippen LogP contribution in [0.25, 0.3) is 54.6 Å². The zero-order valence-electron chi connectivity index (χ0n) is 33.0. The van der Waals surface area contributed by atoms with Crippen LogP contribution in [0.4, 0.5) is 5.69 Å². The van der Waals surface area contributed by atoms with Gasteiger partial charge in [-0.1, -0.05) is 167 Å². The van der Waals surface area contributed by atoms with Gasteiger partial charge in [-0.25, -0.2) is 0 Å². The molecule has 7 aromatic carbocycles. The molecule has 1 aliphatic heterocycles. The Morgan fingerprint density at radius 3 is 1.93 bits per heavy atom. The number of hydrogen-bond acceptors (Lipinski definition) is 3. The summed E-state index contributed by atoms with van der Waals surface area (Å²) in [5.41, 5.74) is 20.4. The van der Waals surface area contributed by atoms with Crippen LogP contribution < -0.4 is 5.32 Å². The van der Waals surface area contributed by atoms with E-state index >= 15 is 0 Å². The van der Waals surface area contributed by atoms with Gasteiger partial charge in [0.05, 0.1) is 10.6 Å². The molecule has 8 aromatic rings. The molecule has 1 aromatic heterocycles. The summed E-state index contributed by atoms with van der Waals surface area (Å²) < 4.78 is 1.28. The Kier molecular flexibility index (Phi) is 7.48. The highest BCUT2D eigenvalue weighted by Crippen LogP contribution is 2.60. The topological polar surface area (TPSA) is 24.4 Å². The maximum atomic E-state index is 5.32. The fourth-order valence-electron chi connectivity index (χ4n) is 11.0. The van der Waals surface area contributed by atoms with Crippen molar-refractivity contribution in [3.8, 4) is 44.5 Å². The summed E-state index contributed by atoms with van der Waals surface area (Å²) in [7, 11) is 0. The van der Waals surface area contributed by atoms with Gasteiger partial charge in [-0.2, -0.15) is 0 Å². The van der Waals surface area contributed by atoms with Gasteiger partial charge >= 0.3 is 0 Å². The van der Waals surface area contributed by atoms with Crippen LogP contribution in [-0.4, -0.2) is 5.84 Å². The van der Waals surface area contributed by atoms with Crippen molar-refractivity contribution in [1.82, 2.24) is 0 Å². The van der Waals surface area contributed by atoms with Crippen molar-refractivity contribution in [1.29, 1.82) is 0 Å². The lowest BCUT2D eigenvalue weighted by atomic mass is 9.67. The highest BCUT2D eigenvalue weighted by Gasteiger charge is 2.46. The molecule has 1 fully saturated rings. The molecule has 280 valence electrons. The summed E-state index contributed by atoms with van der Waals surface area (Å²) >= 11 is 1.84. The number of benzene rings is 7. The molecule has 12 rings (SSSR count). The number of fused-ring (bicyclic) bond motifs is 11. The van der Waals surface area contributed by atoms with Crippen LogP contribution in [-0.2, 0) is 10.8 Å². The van der Waals surface area contributed by atoms with Crippen molar-refractivity contribution < 1.29 is 0 Å². The van der Waals surface area contributed by atoms with Crippen molar-refractivity contribution in [2.45, 2.75) is 62.8 Å². The van der Waals surface area contributed by atoms with E-state index in [2.05, 4.69) is 177 Å². The van der Waals surface area contributed by atoms with Crippen molar-refractivity contribution in [2.24, 2.45) is 4.99 Å². The van der Waals surface area contributed by atoms with Crippen molar-refractivity contribution in [3.05, 3.63) is 196 Å². The van der Waals surface area contributed by atoms with Crippen molar-refractivity contribution in [2.75, 3.05) is 5.32 Å². The number of hydrogen-bond donors (Lipinski definition) is 1. The average Bonchev–Trinajstić information content (AvgIpc) is 3.86. The summed E-state index contributed by atoms with van der Waals surface area (Å²) in [4.78, 5) is 6.58. The lowest BCUT2D eigenvalue weighted by molar-refractivity contribution is 0.353. The predicted octanol–water partition coefficient (Wildman–Crippen LogP) is 14.7. The van der Waals surface area contributed by atoms with E-state index in [-0.39, 0.29) is 16.9 Å². The van der Waals surface area contributed by atoms with Crippen LogP contribution in [0, 0.1) is 0 Å². The molecule has 0 bridgehead atoms. The highest BCUT2D eigenvalue weighted by molar-refractivity contribution is 7.20. The second-order valence-electron chi connectivity index (χ2n) is 17.4. The lowest BCUT2D eigenvalue weighted by Gasteiger charge is -2.36. The van der Waals surface area contributed by atoms with Crippen LogP contribution >= 0.6 is 11.3 Å². The number of amidine groups is 1. The quantitative estimate of drug-likeness (QED) is 0.190. The number of rotatable bonds is 4. The van der Waals surface area contributed by atoms with Crippen LogP contribution in [0.5, 0.6) is 0 Å². The number of aliphatic imine (C=N–C) groups is 1.